The zero-order valence-electron chi connectivity index (χ0n) is 30.1. The quantitative estimate of drug-likeness (QED) is 0.182. The monoisotopic (exact) mass is 710 g/mol. The Bertz CT molecular complexity index is 3420. The van der Waals surface area contributed by atoms with E-state index < -0.39 is 0 Å². The molecule has 0 aliphatic carbocycles. The van der Waals surface area contributed by atoms with Crippen LogP contribution in [0.15, 0.2) is 182 Å². The zero-order chi connectivity index (χ0) is 36.5. The fraction of sp³-hybridized carbons (Fsp3) is 0. The summed E-state index contributed by atoms with van der Waals surface area (Å²) in [6.45, 7) is 0. The number of nitrogens with zero attached hydrogens (tertiary/aromatic N) is 4. The summed E-state index contributed by atoms with van der Waals surface area (Å²) >= 11 is 0. The molecule has 0 aliphatic rings. The molecule has 7 aromatic carbocycles. The summed E-state index contributed by atoms with van der Waals surface area (Å²) in [6.07, 6.45) is 0. The van der Waals surface area contributed by atoms with Gasteiger partial charge in [-0.05, 0) is 70.8 Å². The van der Waals surface area contributed by atoms with Gasteiger partial charge in [-0.1, -0.05) is 133 Å². The number of rotatable bonds is 4. The van der Waals surface area contributed by atoms with Crippen LogP contribution in [-0.2, 0) is 0 Å². The van der Waals surface area contributed by atoms with Crippen molar-refractivity contribution in [1.82, 2.24) is 18.8 Å². The van der Waals surface area contributed by atoms with Crippen LogP contribution in [0.5, 0.6) is 0 Å². The molecule has 0 fully saturated rings. The van der Waals surface area contributed by atoms with E-state index in [9.17, 15) is 0 Å². The average molecular weight is 711 g/mol. The molecule has 4 nitrogen and oxygen atoms in total. The summed E-state index contributed by atoms with van der Waals surface area (Å²) in [5.74, 6) is 0. The molecule has 0 saturated heterocycles. The Hall–Kier alpha value is -7.56. The van der Waals surface area contributed by atoms with E-state index in [1.165, 1.54) is 54.8 Å². The minimum Gasteiger partial charge on any atom is -0.306 e. The van der Waals surface area contributed by atoms with Crippen molar-refractivity contribution in [2.75, 3.05) is 0 Å². The highest BCUT2D eigenvalue weighted by molar-refractivity contribution is 6.28. The van der Waals surface area contributed by atoms with Gasteiger partial charge in [-0.2, -0.15) is 0 Å². The van der Waals surface area contributed by atoms with Gasteiger partial charge in [0.1, 0.15) is 0 Å². The Balaban J connectivity index is 1.18. The van der Waals surface area contributed by atoms with E-state index in [0.29, 0.717) is 0 Å². The third-order valence-corrected chi connectivity index (χ3v) is 11.9. The highest BCUT2D eigenvalue weighted by atomic mass is 15.0. The summed E-state index contributed by atoms with van der Waals surface area (Å²) < 4.78 is 4.91. The van der Waals surface area contributed by atoms with Crippen LogP contribution in [0, 0.1) is 0 Å². The maximum Gasteiger partial charge on any atom is 0.0977 e. The number of hydrogen-bond acceptors (Lipinski definition) is 2. The van der Waals surface area contributed by atoms with Gasteiger partial charge < -0.3 is 8.80 Å². The lowest BCUT2D eigenvalue weighted by Crippen LogP contribution is -1.86. The highest BCUT2D eigenvalue weighted by Crippen LogP contribution is 2.46. The Morgan fingerprint density at radius 1 is 0.268 bits per heavy atom. The molecule has 0 spiro atoms. The normalized spacial score (nSPS) is 12.3. The van der Waals surface area contributed by atoms with Gasteiger partial charge in [0.25, 0.3) is 0 Å². The second-order valence-electron chi connectivity index (χ2n) is 15.0. The minimum atomic E-state index is 0.976. The Morgan fingerprint density at radius 2 is 0.661 bits per heavy atom. The lowest BCUT2D eigenvalue weighted by Gasteiger charge is -2.06. The SMILES string of the molecule is c1ccc(-c2ccc3c(c2)c2cc(-c4ccccc4)nc4c5cc6c7nc(-c8ccccc8)cc8c9cc(-c%10ccccc%10)ccc9n(c6cc5n3c24)c87)cc1. The third kappa shape index (κ3) is 4.02. The number of aromatic nitrogens is 4. The van der Waals surface area contributed by atoms with Gasteiger partial charge in [0.05, 0.1) is 55.5 Å². The summed E-state index contributed by atoms with van der Waals surface area (Å²) in [5.41, 5.74) is 18.0. The zero-order valence-corrected chi connectivity index (χ0v) is 30.1. The predicted octanol–water partition coefficient (Wildman–Crippen LogP) is 13.4. The first-order valence-corrected chi connectivity index (χ1v) is 19.2. The fourth-order valence-electron chi connectivity index (χ4n) is 9.41. The van der Waals surface area contributed by atoms with E-state index in [0.717, 1.165) is 66.4 Å². The molecular formula is C52H30N4. The fourth-order valence-corrected chi connectivity index (χ4v) is 9.41. The van der Waals surface area contributed by atoms with E-state index in [1.807, 2.05) is 0 Å². The molecule has 0 radical (unpaired) electrons. The predicted molar refractivity (Wildman–Crippen MR) is 233 cm³/mol. The second-order valence-corrected chi connectivity index (χ2v) is 15.0. The van der Waals surface area contributed by atoms with Crippen LogP contribution < -0.4 is 0 Å². The maximum absolute atomic E-state index is 5.48. The summed E-state index contributed by atoms with van der Waals surface area (Å²) in [5, 5.41) is 7.16. The molecule has 4 heteroatoms. The van der Waals surface area contributed by atoms with Crippen LogP contribution in [0.3, 0.4) is 0 Å². The second kappa shape index (κ2) is 11.0. The van der Waals surface area contributed by atoms with Crippen molar-refractivity contribution in [3.63, 3.8) is 0 Å². The third-order valence-electron chi connectivity index (χ3n) is 11.9. The molecule has 0 atom stereocenters. The lowest BCUT2D eigenvalue weighted by atomic mass is 10.0. The molecule has 56 heavy (non-hydrogen) atoms. The number of benzene rings is 7. The van der Waals surface area contributed by atoms with Crippen LogP contribution in [0.1, 0.15) is 0 Å². The Morgan fingerprint density at radius 3 is 1.07 bits per heavy atom. The van der Waals surface area contributed by atoms with Crippen molar-refractivity contribution in [3.05, 3.63) is 182 Å². The molecule has 0 saturated carbocycles. The Labute approximate surface area is 320 Å². The highest BCUT2D eigenvalue weighted by Gasteiger charge is 2.25. The van der Waals surface area contributed by atoms with Crippen LogP contribution in [0.25, 0.3) is 121 Å². The molecule has 13 rings (SSSR count). The van der Waals surface area contributed by atoms with Crippen LogP contribution in [0.2, 0.25) is 0 Å². The van der Waals surface area contributed by atoms with Gasteiger partial charge in [0.15, 0.2) is 0 Å². The van der Waals surface area contributed by atoms with Gasteiger partial charge in [-0.25, -0.2) is 9.97 Å². The molecular weight excluding hydrogens is 681 g/mol. The molecule has 6 heterocycles. The van der Waals surface area contributed by atoms with Crippen molar-refractivity contribution < 1.29 is 0 Å². The van der Waals surface area contributed by atoms with Crippen LogP contribution >= 0.6 is 0 Å². The maximum atomic E-state index is 5.48. The lowest BCUT2D eigenvalue weighted by molar-refractivity contribution is 1.34. The molecule has 0 amide bonds. The van der Waals surface area contributed by atoms with E-state index >= 15 is 0 Å². The van der Waals surface area contributed by atoms with Crippen molar-refractivity contribution in [3.8, 4) is 44.8 Å². The molecule has 258 valence electrons. The van der Waals surface area contributed by atoms with Crippen LogP contribution in [0.4, 0.5) is 0 Å². The molecule has 0 aliphatic heterocycles. The van der Waals surface area contributed by atoms with E-state index in [1.54, 1.807) is 0 Å². The topological polar surface area (TPSA) is 34.6 Å². The molecule has 0 N–H and O–H groups in total. The van der Waals surface area contributed by atoms with Crippen molar-refractivity contribution in [2.24, 2.45) is 0 Å². The standard InChI is InChI=1S/C52H30N4/c1-5-13-31(14-6-1)35-21-23-45-37(25-35)39-28-43(33-17-9-3-10-18-33)53-49-41-27-42-48(30-47(41)55(45)51(39)49)56-46-24-22-36(32-15-7-2-8-16-32)26-38(46)40-29-44(54-50(42)52(40)56)34-19-11-4-12-20-34/h1-30H. The summed E-state index contributed by atoms with van der Waals surface area (Å²) in [4.78, 5) is 11.0. The van der Waals surface area contributed by atoms with Crippen molar-refractivity contribution in [1.29, 1.82) is 0 Å². The van der Waals surface area contributed by atoms with Crippen LogP contribution in [-0.4, -0.2) is 18.8 Å². The van der Waals surface area contributed by atoms with E-state index in [-0.39, 0.29) is 0 Å². The van der Waals surface area contributed by atoms with Gasteiger partial charge in [0.2, 0.25) is 0 Å². The number of hydrogen-bond donors (Lipinski definition) is 0. The van der Waals surface area contributed by atoms with Gasteiger partial charge >= 0.3 is 0 Å². The summed E-state index contributed by atoms with van der Waals surface area (Å²) in [7, 11) is 0. The Kier molecular flexibility index (Phi) is 5.86. The smallest absolute Gasteiger partial charge is 0.0977 e. The largest absolute Gasteiger partial charge is 0.306 e. The minimum absolute atomic E-state index is 0.976. The van der Waals surface area contributed by atoms with Crippen molar-refractivity contribution in [2.45, 2.75) is 0 Å². The first-order valence-electron chi connectivity index (χ1n) is 19.2. The van der Waals surface area contributed by atoms with E-state index in [4.69, 9.17) is 9.97 Å². The average Bonchev–Trinajstić information content (AvgIpc) is 3.99. The van der Waals surface area contributed by atoms with E-state index in [2.05, 4.69) is 191 Å². The molecule has 6 aromatic heterocycles. The number of pyridine rings is 2. The first-order chi connectivity index (χ1) is 27.8. The summed E-state index contributed by atoms with van der Waals surface area (Å²) in [6, 6.07) is 65.6. The molecule has 0 bridgehead atoms. The molecule has 0 unspecified atom stereocenters. The first kappa shape index (κ1) is 29.8. The number of fused-ring (bicyclic) bond motifs is 12. The van der Waals surface area contributed by atoms with Gasteiger partial charge in [0, 0.05) is 43.4 Å². The van der Waals surface area contributed by atoms with Gasteiger partial charge in [-0.15, -0.1) is 0 Å². The molecule has 13 aromatic rings. The van der Waals surface area contributed by atoms with Gasteiger partial charge in [-0.3, -0.25) is 0 Å². The van der Waals surface area contributed by atoms with Crippen molar-refractivity contribution >= 4 is 76.5 Å².